The highest BCUT2D eigenvalue weighted by atomic mass is 16.5. The van der Waals surface area contributed by atoms with Crippen molar-refractivity contribution >= 4 is 22.3 Å². The second kappa shape index (κ2) is 5.01. The number of nitrogen functional groups attached to an aromatic ring is 1. The molecular weight excluding hydrogens is 272 g/mol. The van der Waals surface area contributed by atoms with Crippen LogP contribution in [-0.2, 0) is 4.74 Å². The third-order valence-electron chi connectivity index (χ3n) is 4.06. The summed E-state index contributed by atoms with van der Waals surface area (Å²) in [5.74, 6) is 0. The van der Waals surface area contributed by atoms with Crippen LogP contribution in [0.5, 0.6) is 0 Å². The van der Waals surface area contributed by atoms with Crippen LogP contribution in [0.3, 0.4) is 0 Å². The topological polar surface area (TPSA) is 113 Å². The van der Waals surface area contributed by atoms with Crippen molar-refractivity contribution < 1.29 is 9.84 Å². The number of aliphatic hydroxyl groups is 1. The number of hydrogen-bond acceptors (Lipinski definition) is 6. The van der Waals surface area contributed by atoms with Crippen molar-refractivity contribution in [2.75, 3.05) is 24.2 Å². The molecule has 2 heterocycles. The fourth-order valence-corrected chi connectivity index (χ4v) is 2.54. The van der Waals surface area contributed by atoms with Crippen LogP contribution in [0.15, 0.2) is 23.3 Å². The van der Waals surface area contributed by atoms with E-state index in [4.69, 9.17) is 10.5 Å². The van der Waals surface area contributed by atoms with Crippen LogP contribution in [0, 0.1) is 0 Å². The summed E-state index contributed by atoms with van der Waals surface area (Å²) in [6.45, 7) is 2.72. The summed E-state index contributed by atoms with van der Waals surface area (Å²) in [6.07, 6.45) is 1.70. The summed E-state index contributed by atoms with van der Waals surface area (Å²) < 4.78 is 5.39. The number of nitrogens with zero attached hydrogens (tertiary/aromatic N) is 1. The first-order chi connectivity index (χ1) is 9.99. The van der Waals surface area contributed by atoms with E-state index in [-0.39, 0.29) is 11.7 Å². The molecule has 1 saturated heterocycles. The van der Waals surface area contributed by atoms with Crippen molar-refractivity contribution in [2.24, 2.45) is 0 Å². The number of nitrogens with one attached hydrogen (secondary N) is 2. The van der Waals surface area contributed by atoms with E-state index in [9.17, 15) is 9.90 Å². The lowest BCUT2D eigenvalue weighted by Crippen LogP contribution is -2.43. The Morgan fingerprint density at radius 3 is 3.14 bits per heavy atom. The number of anilines is 2. The average Bonchev–Trinajstić information content (AvgIpc) is 2.78. The Bertz CT molecular complexity index is 730. The molecule has 0 amide bonds. The van der Waals surface area contributed by atoms with Crippen molar-refractivity contribution in [3.05, 3.63) is 28.8 Å². The molecule has 0 bridgehead atoms. The van der Waals surface area contributed by atoms with Gasteiger partial charge in [-0.25, -0.2) is 4.98 Å². The summed E-state index contributed by atoms with van der Waals surface area (Å²) in [6, 6.07) is 3.30. The molecule has 2 atom stereocenters. The maximum atomic E-state index is 11.7. The van der Waals surface area contributed by atoms with Gasteiger partial charge >= 0.3 is 0 Å². The Labute approximate surface area is 121 Å². The Balaban J connectivity index is 1.87. The zero-order valence-electron chi connectivity index (χ0n) is 11.7. The molecule has 1 aromatic carbocycles. The summed E-state index contributed by atoms with van der Waals surface area (Å²) in [7, 11) is 0. The molecule has 7 heteroatoms. The Kier molecular flexibility index (Phi) is 3.30. The standard InChI is InChI=1S/C14H18N4O3/c1-8-14(20,2-3-21-8)6-16-12-5-11-9(4-10(12)15)13(19)18-7-17-11/h4-5,7-8,16,20H,2-3,6,15H2,1H3,(H,17,18,19). The third-order valence-corrected chi connectivity index (χ3v) is 4.06. The van der Waals surface area contributed by atoms with Crippen LogP contribution in [0.25, 0.3) is 10.9 Å². The van der Waals surface area contributed by atoms with Gasteiger partial charge in [-0.2, -0.15) is 0 Å². The van der Waals surface area contributed by atoms with Crippen molar-refractivity contribution in [3.8, 4) is 0 Å². The summed E-state index contributed by atoms with van der Waals surface area (Å²) in [5.41, 5.74) is 6.46. The van der Waals surface area contributed by atoms with E-state index in [0.29, 0.717) is 41.9 Å². The number of benzene rings is 1. The minimum atomic E-state index is -0.914. The molecule has 0 aliphatic carbocycles. The van der Waals surface area contributed by atoms with Gasteiger partial charge in [-0.05, 0) is 19.1 Å². The second-order valence-electron chi connectivity index (χ2n) is 5.41. The number of hydrogen-bond donors (Lipinski definition) is 4. The molecule has 0 radical (unpaired) electrons. The molecule has 7 nitrogen and oxygen atoms in total. The zero-order valence-corrected chi connectivity index (χ0v) is 11.7. The van der Waals surface area contributed by atoms with Gasteiger partial charge in [-0.15, -0.1) is 0 Å². The smallest absolute Gasteiger partial charge is 0.258 e. The van der Waals surface area contributed by atoms with Crippen molar-refractivity contribution in [1.29, 1.82) is 0 Å². The molecule has 112 valence electrons. The number of rotatable bonds is 3. The molecule has 0 saturated carbocycles. The quantitative estimate of drug-likeness (QED) is 0.611. The van der Waals surface area contributed by atoms with E-state index >= 15 is 0 Å². The predicted octanol–water partition coefficient (Wildman–Crippen LogP) is 0.457. The van der Waals surface area contributed by atoms with Crippen LogP contribution in [0.4, 0.5) is 11.4 Å². The van der Waals surface area contributed by atoms with E-state index in [2.05, 4.69) is 15.3 Å². The highest BCUT2D eigenvalue weighted by Crippen LogP contribution is 2.28. The van der Waals surface area contributed by atoms with E-state index in [0.717, 1.165) is 0 Å². The van der Waals surface area contributed by atoms with Crippen molar-refractivity contribution in [2.45, 2.75) is 25.0 Å². The Morgan fingerprint density at radius 1 is 1.62 bits per heavy atom. The fourth-order valence-electron chi connectivity index (χ4n) is 2.54. The molecule has 2 unspecified atom stereocenters. The SMILES string of the molecule is CC1OCCC1(O)CNc1cc2nc[nH]c(=O)c2cc1N. The first-order valence-corrected chi connectivity index (χ1v) is 6.84. The first kappa shape index (κ1) is 13.8. The van der Waals surface area contributed by atoms with Gasteiger partial charge in [0.25, 0.3) is 5.56 Å². The minimum Gasteiger partial charge on any atom is -0.397 e. The van der Waals surface area contributed by atoms with E-state index in [1.165, 1.54) is 6.33 Å². The van der Waals surface area contributed by atoms with Gasteiger partial charge in [0.2, 0.25) is 0 Å². The number of aromatic nitrogens is 2. The van der Waals surface area contributed by atoms with Gasteiger partial charge in [-0.1, -0.05) is 0 Å². The number of ether oxygens (including phenoxy) is 1. The average molecular weight is 290 g/mol. The molecule has 5 N–H and O–H groups in total. The summed E-state index contributed by atoms with van der Waals surface area (Å²) in [4.78, 5) is 18.3. The highest BCUT2D eigenvalue weighted by molar-refractivity contribution is 5.88. The zero-order chi connectivity index (χ0) is 15.0. The first-order valence-electron chi connectivity index (χ1n) is 6.84. The Morgan fingerprint density at radius 2 is 2.43 bits per heavy atom. The molecule has 3 rings (SSSR count). The monoisotopic (exact) mass is 290 g/mol. The van der Waals surface area contributed by atoms with Gasteiger partial charge in [0.1, 0.15) is 5.60 Å². The third kappa shape index (κ3) is 2.45. The summed E-state index contributed by atoms with van der Waals surface area (Å²) >= 11 is 0. The van der Waals surface area contributed by atoms with Gasteiger partial charge in [0.15, 0.2) is 0 Å². The van der Waals surface area contributed by atoms with Crippen molar-refractivity contribution in [1.82, 2.24) is 9.97 Å². The van der Waals surface area contributed by atoms with E-state index in [1.54, 1.807) is 12.1 Å². The van der Waals surface area contributed by atoms with Gasteiger partial charge in [-0.3, -0.25) is 4.79 Å². The van der Waals surface area contributed by atoms with E-state index < -0.39 is 5.60 Å². The normalized spacial score (nSPS) is 25.3. The highest BCUT2D eigenvalue weighted by Gasteiger charge is 2.39. The molecule has 1 aliphatic rings. The number of nitrogens with two attached hydrogens (primary N) is 1. The molecule has 0 spiro atoms. The van der Waals surface area contributed by atoms with Crippen molar-refractivity contribution in [3.63, 3.8) is 0 Å². The largest absolute Gasteiger partial charge is 0.397 e. The van der Waals surface area contributed by atoms with Crippen LogP contribution >= 0.6 is 0 Å². The minimum absolute atomic E-state index is 0.227. The lowest BCUT2D eigenvalue weighted by molar-refractivity contribution is -0.0175. The van der Waals surface area contributed by atoms with Gasteiger partial charge in [0.05, 0.1) is 34.7 Å². The molecule has 1 aliphatic heterocycles. The van der Waals surface area contributed by atoms with Gasteiger partial charge < -0.3 is 25.9 Å². The van der Waals surface area contributed by atoms with Crippen LogP contribution in [0.2, 0.25) is 0 Å². The van der Waals surface area contributed by atoms with Crippen LogP contribution in [-0.4, -0.2) is 39.9 Å². The summed E-state index contributed by atoms with van der Waals surface area (Å²) in [5, 5.41) is 14.0. The maximum absolute atomic E-state index is 11.7. The molecule has 21 heavy (non-hydrogen) atoms. The molecule has 1 fully saturated rings. The molecule has 2 aromatic rings. The number of H-pyrrole nitrogens is 1. The lowest BCUT2D eigenvalue weighted by Gasteiger charge is -2.27. The van der Waals surface area contributed by atoms with E-state index in [1.807, 2.05) is 6.92 Å². The van der Waals surface area contributed by atoms with Gasteiger partial charge in [0, 0.05) is 19.6 Å². The Hall–Kier alpha value is -2.12. The molecule has 1 aromatic heterocycles. The predicted molar refractivity (Wildman–Crippen MR) is 80.2 cm³/mol. The van der Waals surface area contributed by atoms with Crippen LogP contribution in [0.1, 0.15) is 13.3 Å². The number of fused-ring (bicyclic) bond motifs is 1. The molecular formula is C14H18N4O3. The number of aromatic amines is 1. The van der Waals surface area contributed by atoms with Crippen LogP contribution < -0.4 is 16.6 Å². The maximum Gasteiger partial charge on any atom is 0.258 e. The second-order valence-corrected chi connectivity index (χ2v) is 5.41. The fraction of sp³-hybridized carbons (Fsp3) is 0.429. The lowest BCUT2D eigenvalue weighted by atomic mass is 9.96.